The van der Waals surface area contributed by atoms with Gasteiger partial charge in [0.15, 0.2) is 0 Å². The van der Waals surface area contributed by atoms with E-state index in [0.717, 1.165) is 30.1 Å². The smallest absolute Gasteiger partial charge is 0.229 e. The van der Waals surface area contributed by atoms with Crippen molar-refractivity contribution < 1.29 is 16.8 Å². The SMILES string of the molecule is CS(=O)(=O)Nc1ccc(C=NCCc2ccc(NS(C)(=O)=O)cc2)cc1. The first-order valence-electron chi connectivity index (χ1n) is 7.75. The van der Waals surface area contributed by atoms with Crippen molar-refractivity contribution in [2.75, 3.05) is 28.5 Å². The van der Waals surface area contributed by atoms with Gasteiger partial charge in [0.2, 0.25) is 20.0 Å². The zero-order chi connectivity index (χ0) is 19.2. The molecule has 0 aliphatic heterocycles. The topological polar surface area (TPSA) is 105 Å². The summed E-state index contributed by atoms with van der Waals surface area (Å²) in [5.41, 5.74) is 2.96. The molecule has 0 saturated heterocycles. The van der Waals surface area contributed by atoms with Crippen molar-refractivity contribution in [3.8, 4) is 0 Å². The fourth-order valence-electron chi connectivity index (χ4n) is 2.17. The van der Waals surface area contributed by atoms with E-state index in [1.807, 2.05) is 12.1 Å². The Morgan fingerprint density at radius 1 is 0.808 bits per heavy atom. The summed E-state index contributed by atoms with van der Waals surface area (Å²) in [5, 5.41) is 0. The van der Waals surface area contributed by atoms with E-state index in [2.05, 4.69) is 14.4 Å². The van der Waals surface area contributed by atoms with Crippen LogP contribution in [0.2, 0.25) is 0 Å². The summed E-state index contributed by atoms with van der Waals surface area (Å²) in [5.74, 6) is 0. The summed E-state index contributed by atoms with van der Waals surface area (Å²) >= 11 is 0. The van der Waals surface area contributed by atoms with Crippen LogP contribution in [0.1, 0.15) is 11.1 Å². The molecule has 140 valence electrons. The van der Waals surface area contributed by atoms with Crippen LogP contribution < -0.4 is 9.44 Å². The summed E-state index contributed by atoms with van der Waals surface area (Å²) in [6.45, 7) is 0.586. The third-order valence-electron chi connectivity index (χ3n) is 3.24. The Balaban J connectivity index is 1.85. The van der Waals surface area contributed by atoms with Gasteiger partial charge in [-0.3, -0.25) is 14.4 Å². The number of nitrogens with one attached hydrogen (secondary N) is 2. The number of nitrogens with zero attached hydrogens (tertiary/aromatic N) is 1. The quantitative estimate of drug-likeness (QED) is 0.668. The molecule has 2 N–H and O–H groups in total. The van der Waals surface area contributed by atoms with Crippen molar-refractivity contribution in [1.82, 2.24) is 0 Å². The van der Waals surface area contributed by atoms with Crippen molar-refractivity contribution in [2.24, 2.45) is 4.99 Å². The largest absolute Gasteiger partial charge is 0.292 e. The van der Waals surface area contributed by atoms with Crippen molar-refractivity contribution in [2.45, 2.75) is 6.42 Å². The first-order chi connectivity index (χ1) is 12.1. The molecule has 0 aliphatic carbocycles. The van der Waals surface area contributed by atoms with Crippen LogP contribution in [0.5, 0.6) is 0 Å². The number of hydrogen-bond acceptors (Lipinski definition) is 5. The van der Waals surface area contributed by atoms with Crippen LogP contribution in [0.15, 0.2) is 53.5 Å². The number of benzene rings is 2. The molecule has 0 heterocycles. The Hall–Kier alpha value is -2.39. The number of anilines is 2. The zero-order valence-electron chi connectivity index (χ0n) is 14.5. The molecule has 26 heavy (non-hydrogen) atoms. The summed E-state index contributed by atoms with van der Waals surface area (Å²) < 4.78 is 49.4. The van der Waals surface area contributed by atoms with E-state index < -0.39 is 20.0 Å². The molecule has 0 bridgehead atoms. The van der Waals surface area contributed by atoms with E-state index in [9.17, 15) is 16.8 Å². The number of aliphatic imine (C=N–C) groups is 1. The monoisotopic (exact) mass is 395 g/mol. The van der Waals surface area contributed by atoms with Crippen LogP contribution in [0, 0.1) is 0 Å². The lowest BCUT2D eigenvalue weighted by atomic mass is 10.1. The lowest BCUT2D eigenvalue weighted by Crippen LogP contribution is -2.09. The lowest BCUT2D eigenvalue weighted by molar-refractivity contribution is 0.605. The van der Waals surface area contributed by atoms with E-state index in [4.69, 9.17) is 0 Å². The third kappa shape index (κ3) is 7.66. The number of sulfonamides is 2. The molecule has 0 amide bonds. The second kappa shape index (κ2) is 8.33. The van der Waals surface area contributed by atoms with Gasteiger partial charge in [-0.1, -0.05) is 24.3 Å². The van der Waals surface area contributed by atoms with Crippen LogP contribution >= 0.6 is 0 Å². The van der Waals surface area contributed by atoms with Gasteiger partial charge in [0.1, 0.15) is 0 Å². The van der Waals surface area contributed by atoms with Gasteiger partial charge < -0.3 is 0 Å². The van der Waals surface area contributed by atoms with Crippen molar-refractivity contribution in [1.29, 1.82) is 0 Å². The fraction of sp³-hybridized carbons (Fsp3) is 0.235. The van der Waals surface area contributed by atoms with Crippen LogP contribution in [0.4, 0.5) is 11.4 Å². The molecule has 0 spiro atoms. The third-order valence-corrected chi connectivity index (χ3v) is 4.45. The highest BCUT2D eigenvalue weighted by atomic mass is 32.2. The summed E-state index contributed by atoms with van der Waals surface area (Å²) in [7, 11) is -6.54. The molecule has 9 heteroatoms. The maximum atomic E-state index is 11.2. The van der Waals surface area contributed by atoms with Crippen LogP contribution in [-0.4, -0.2) is 42.1 Å². The molecule has 0 unspecified atom stereocenters. The van der Waals surface area contributed by atoms with Gasteiger partial charge in [-0.15, -0.1) is 0 Å². The first-order valence-corrected chi connectivity index (χ1v) is 11.5. The minimum Gasteiger partial charge on any atom is -0.292 e. The molecule has 0 aliphatic rings. The zero-order valence-corrected chi connectivity index (χ0v) is 16.1. The highest BCUT2D eigenvalue weighted by molar-refractivity contribution is 7.92. The maximum absolute atomic E-state index is 11.2. The fourth-order valence-corrected chi connectivity index (χ4v) is 3.30. The summed E-state index contributed by atoms with van der Waals surface area (Å²) in [4.78, 5) is 4.35. The highest BCUT2D eigenvalue weighted by Gasteiger charge is 2.02. The molecule has 0 aromatic heterocycles. The predicted octanol–water partition coefficient (Wildman–Crippen LogP) is 2.09. The van der Waals surface area contributed by atoms with Gasteiger partial charge in [-0.05, 0) is 41.8 Å². The molecular formula is C17H21N3O4S2. The summed E-state index contributed by atoms with van der Waals surface area (Å²) in [6.07, 6.45) is 4.67. The van der Waals surface area contributed by atoms with Gasteiger partial charge in [0.05, 0.1) is 12.5 Å². The molecule has 7 nitrogen and oxygen atoms in total. The average molecular weight is 396 g/mol. The Labute approximate surface area is 154 Å². The molecular weight excluding hydrogens is 374 g/mol. The van der Waals surface area contributed by atoms with Crippen LogP contribution in [-0.2, 0) is 26.5 Å². The Morgan fingerprint density at radius 2 is 1.27 bits per heavy atom. The minimum absolute atomic E-state index is 0.507. The van der Waals surface area contributed by atoms with Gasteiger partial charge in [0.25, 0.3) is 0 Å². The average Bonchev–Trinajstić information content (AvgIpc) is 2.52. The second-order valence-electron chi connectivity index (χ2n) is 5.85. The standard InChI is InChI=1S/C17H21N3O4S2/c1-25(21,22)19-16-7-3-14(4-8-16)11-12-18-13-15-5-9-17(10-6-15)20-26(2,23)24/h3-10,13,19-20H,11-12H2,1-2H3. The van der Waals surface area contributed by atoms with E-state index in [1.54, 1.807) is 42.6 Å². The number of rotatable bonds is 8. The van der Waals surface area contributed by atoms with Gasteiger partial charge >= 0.3 is 0 Å². The predicted molar refractivity (Wildman–Crippen MR) is 106 cm³/mol. The van der Waals surface area contributed by atoms with E-state index in [1.165, 1.54) is 0 Å². The molecule has 0 radical (unpaired) electrons. The normalized spacial score (nSPS) is 12.2. The van der Waals surface area contributed by atoms with Crippen molar-refractivity contribution >= 4 is 37.6 Å². The first kappa shape index (κ1) is 19.9. The maximum Gasteiger partial charge on any atom is 0.229 e. The number of hydrogen-bond donors (Lipinski definition) is 2. The molecule has 2 aromatic rings. The molecule has 2 rings (SSSR count). The highest BCUT2D eigenvalue weighted by Crippen LogP contribution is 2.12. The molecule has 0 saturated carbocycles. The summed E-state index contributed by atoms with van der Waals surface area (Å²) in [6, 6.07) is 14.1. The van der Waals surface area contributed by atoms with Gasteiger partial charge in [-0.25, -0.2) is 16.8 Å². The van der Waals surface area contributed by atoms with Gasteiger partial charge in [0, 0.05) is 24.1 Å². The van der Waals surface area contributed by atoms with E-state index in [0.29, 0.717) is 17.9 Å². The molecule has 2 aromatic carbocycles. The van der Waals surface area contributed by atoms with Crippen molar-refractivity contribution in [3.05, 3.63) is 59.7 Å². The lowest BCUT2D eigenvalue weighted by Gasteiger charge is -2.05. The Kier molecular flexibility index (Phi) is 6.38. The van der Waals surface area contributed by atoms with E-state index >= 15 is 0 Å². The minimum atomic E-state index is -3.28. The van der Waals surface area contributed by atoms with E-state index in [-0.39, 0.29) is 0 Å². The van der Waals surface area contributed by atoms with Gasteiger partial charge in [-0.2, -0.15) is 0 Å². The van der Waals surface area contributed by atoms with Crippen LogP contribution in [0.3, 0.4) is 0 Å². The molecule has 0 atom stereocenters. The molecule has 0 fully saturated rings. The Morgan fingerprint density at radius 3 is 1.73 bits per heavy atom. The van der Waals surface area contributed by atoms with Crippen LogP contribution in [0.25, 0.3) is 0 Å². The van der Waals surface area contributed by atoms with Crippen molar-refractivity contribution in [3.63, 3.8) is 0 Å². The Bertz CT molecular complexity index is 966. The second-order valence-corrected chi connectivity index (χ2v) is 9.35.